The summed E-state index contributed by atoms with van der Waals surface area (Å²) >= 11 is 0. The molecule has 2 heterocycles. The molecule has 2 rings (SSSR count). The summed E-state index contributed by atoms with van der Waals surface area (Å²) in [4.78, 5) is 14.9. The molecule has 0 saturated carbocycles. The zero-order valence-corrected chi connectivity index (χ0v) is 6.77. The van der Waals surface area contributed by atoms with Gasteiger partial charge < -0.3 is 11.1 Å². The molecule has 1 aliphatic heterocycles. The number of fused-ring (bicyclic) bond motifs is 1. The first-order chi connectivity index (χ1) is 6.29. The van der Waals surface area contributed by atoms with Gasteiger partial charge in [0.05, 0.1) is 10.7 Å². The van der Waals surface area contributed by atoms with E-state index in [1.54, 1.807) is 24.6 Å². The summed E-state index contributed by atoms with van der Waals surface area (Å²) in [6.07, 6.45) is 8.42. The number of nitrogens with two attached hydrogens (primary N) is 1. The standard InChI is InChI=1S/C8H8N4O/c9-8(13)12-5-11-6-2-1-3-10-4-7(6)12/h1-5,10H,(H2,9,13). The smallest absolute Gasteiger partial charge is 0.324 e. The first kappa shape index (κ1) is 7.60. The van der Waals surface area contributed by atoms with Crippen LogP contribution in [0.2, 0.25) is 0 Å². The summed E-state index contributed by atoms with van der Waals surface area (Å²) in [7, 11) is 0. The molecule has 1 aromatic rings. The third-order valence-electron chi connectivity index (χ3n) is 1.74. The van der Waals surface area contributed by atoms with Crippen molar-refractivity contribution in [3.63, 3.8) is 0 Å². The van der Waals surface area contributed by atoms with Crippen LogP contribution in [-0.2, 0) is 0 Å². The zero-order chi connectivity index (χ0) is 9.26. The number of carbonyl (C=O) groups excluding carboxylic acids is 1. The number of nitrogens with zero attached hydrogens (tertiary/aromatic N) is 2. The Hall–Kier alpha value is -2.04. The van der Waals surface area contributed by atoms with Gasteiger partial charge in [-0.25, -0.2) is 14.3 Å². The second-order valence-corrected chi connectivity index (χ2v) is 2.56. The number of rotatable bonds is 0. The minimum Gasteiger partial charge on any atom is -0.366 e. The van der Waals surface area contributed by atoms with Gasteiger partial charge in [0.2, 0.25) is 0 Å². The largest absolute Gasteiger partial charge is 0.366 e. The summed E-state index contributed by atoms with van der Waals surface area (Å²) in [5.74, 6) is 0. The number of aromatic nitrogens is 2. The summed E-state index contributed by atoms with van der Waals surface area (Å²) < 4.78 is 1.28. The number of imidazole rings is 1. The number of amides is 1. The van der Waals surface area contributed by atoms with E-state index in [0.717, 1.165) is 5.35 Å². The number of hydrogen-bond acceptors (Lipinski definition) is 3. The normalized spacial score (nSPS) is 13.2. The minimum atomic E-state index is -0.540. The molecule has 5 nitrogen and oxygen atoms in total. The Morgan fingerprint density at radius 1 is 1.62 bits per heavy atom. The summed E-state index contributed by atoms with van der Waals surface area (Å²) in [5.41, 5.74) is 5.14. The third kappa shape index (κ3) is 1.20. The lowest BCUT2D eigenvalue weighted by atomic mass is 10.5. The highest BCUT2D eigenvalue weighted by molar-refractivity contribution is 5.74. The lowest BCUT2D eigenvalue weighted by Gasteiger charge is -1.93. The lowest BCUT2D eigenvalue weighted by Crippen LogP contribution is -2.36. The summed E-state index contributed by atoms with van der Waals surface area (Å²) in [5, 5.41) is 4.27. The Morgan fingerprint density at radius 3 is 3.23 bits per heavy atom. The molecule has 5 heteroatoms. The summed E-state index contributed by atoms with van der Waals surface area (Å²) in [6.45, 7) is 0. The fourth-order valence-corrected chi connectivity index (χ4v) is 1.14. The molecule has 13 heavy (non-hydrogen) atoms. The van der Waals surface area contributed by atoms with Crippen LogP contribution >= 0.6 is 0 Å². The van der Waals surface area contributed by atoms with Gasteiger partial charge in [-0.3, -0.25) is 0 Å². The molecule has 0 bridgehead atoms. The molecule has 0 radical (unpaired) electrons. The maximum atomic E-state index is 10.9. The molecule has 0 atom stereocenters. The van der Waals surface area contributed by atoms with Crippen LogP contribution in [0.4, 0.5) is 4.79 Å². The highest BCUT2D eigenvalue weighted by Crippen LogP contribution is 1.77. The van der Waals surface area contributed by atoms with Crippen molar-refractivity contribution >= 4 is 18.3 Å². The van der Waals surface area contributed by atoms with E-state index < -0.39 is 6.03 Å². The van der Waals surface area contributed by atoms with Crippen molar-refractivity contribution in [2.75, 3.05) is 0 Å². The van der Waals surface area contributed by atoms with Crippen LogP contribution in [-0.4, -0.2) is 15.6 Å². The highest BCUT2D eigenvalue weighted by atomic mass is 16.2. The maximum Gasteiger partial charge on any atom is 0.324 e. The van der Waals surface area contributed by atoms with Gasteiger partial charge in [-0.05, 0) is 12.2 Å². The Kier molecular flexibility index (Phi) is 1.63. The van der Waals surface area contributed by atoms with E-state index >= 15 is 0 Å². The molecule has 0 fully saturated rings. The van der Waals surface area contributed by atoms with E-state index in [2.05, 4.69) is 10.3 Å². The van der Waals surface area contributed by atoms with Gasteiger partial charge in [0.15, 0.2) is 0 Å². The molecule has 0 saturated heterocycles. The highest BCUT2D eigenvalue weighted by Gasteiger charge is 2.02. The van der Waals surface area contributed by atoms with Crippen molar-refractivity contribution in [3.8, 4) is 0 Å². The zero-order valence-electron chi connectivity index (χ0n) is 6.77. The van der Waals surface area contributed by atoms with Crippen molar-refractivity contribution < 1.29 is 4.79 Å². The molecular weight excluding hydrogens is 168 g/mol. The number of nitrogens with one attached hydrogen (secondary N) is 1. The third-order valence-corrected chi connectivity index (χ3v) is 1.74. The second kappa shape index (κ2) is 2.78. The molecule has 0 unspecified atom stereocenters. The van der Waals surface area contributed by atoms with Crippen molar-refractivity contribution in [2.45, 2.75) is 0 Å². The fourth-order valence-electron chi connectivity index (χ4n) is 1.14. The van der Waals surface area contributed by atoms with Gasteiger partial charge in [-0.2, -0.15) is 0 Å². The number of carbonyl (C=O) groups is 1. The van der Waals surface area contributed by atoms with E-state index in [4.69, 9.17) is 5.73 Å². The number of allylic oxidation sites excluding steroid dienone is 1. The lowest BCUT2D eigenvalue weighted by molar-refractivity contribution is 0.250. The first-order valence-corrected chi connectivity index (χ1v) is 3.75. The average molecular weight is 176 g/mol. The second-order valence-electron chi connectivity index (χ2n) is 2.56. The van der Waals surface area contributed by atoms with Crippen LogP contribution in [0.3, 0.4) is 0 Å². The minimum absolute atomic E-state index is 0.540. The van der Waals surface area contributed by atoms with Crippen LogP contribution in [0.1, 0.15) is 0 Å². The fraction of sp³-hybridized carbons (Fsp3) is 0. The van der Waals surface area contributed by atoms with E-state index in [1.807, 2.05) is 0 Å². The Balaban J connectivity index is 2.76. The van der Waals surface area contributed by atoms with Gasteiger partial charge in [-0.1, -0.05) is 0 Å². The van der Waals surface area contributed by atoms with Crippen molar-refractivity contribution in [3.05, 3.63) is 29.3 Å². The predicted molar refractivity (Wildman–Crippen MR) is 47.7 cm³/mol. The molecule has 1 aliphatic rings. The van der Waals surface area contributed by atoms with E-state index in [1.165, 1.54) is 10.9 Å². The molecule has 0 aromatic carbocycles. The predicted octanol–water partition coefficient (Wildman–Crippen LogP) is -1.55. The number of hydrogen-bond donors (Lipinski definition) is 2. The quantitative estimate of drug-likeness (QED) is 0.502. The Labute approximate surface area is 73.9 Å². The molecule has 1 aromatic heterocycles. The molecule has 0 spiro atoms. The van der Waals surface area contributed by atoms with Crippen molar-refractivity contribution in [2.24, 2.45) is 5.73 Å². The monoisotopic (exact) mass is 176 g/mol. The van der Waals surface area contributed by atoms with Crippen LogP contribution in [0.25, 0.3) is 12.3 Å². The Morgan fingerprint density at radius 2 is 2.46 bits per heavy atom. The van der Waals surface area contributed by atoms with E-state index in [-0.39, 0.29) is 0 Å². The van der Waals surface area contributed by atoms with Crippen LogP contribution in [0.15, 0.2) is 18.6 Å². The van der Waals surface area contributed by atoms with Gasteiger partial charge in [-0.15, -0.1) is 0 Å². The van der Waals surface area contributed by atoms with Gasteiger partial charge >= 0.3 is 6.03 Å². The molecule has 1 amide bonds. The average Bonchev–Trinajstić information content (AvgIpc) is 2.36. The SMILES string of the molecule is NC(=O)n1cnc2c1=CNC=CC=2. The van der Waals surface area contributed by atoms with Gasteiger partial charge in [0.1, 0.15) is 6.33 Å². The van der Waals surface area contributed by atoms with Crippen LogP contribution in [0, 0.1) is 0 Å². The van der Waals surface area contributed by atoms with Crippen LogP contribution in [0.5, 0.6) is 0 Å². The summed E-state index contributed by atoms with van der Waals surface area (Å²) in [6, 6.07) is -0.540. The maximum absolute atomic E-state index is 10.9. The van der Waals surface area contributed by atoms with E-state index in [0.29, 0.717) is 5.35 Å². The van der Waals surface area contributed by atoms with Gasteiger partial charge in [0.25, 0.3) is 0 Å². The Bertz CT molecular complexity index is 483. The first-order valence-electron chi connectivity index (χ1n) is 3.75. The van der Waals surface area contributed by atoms with Crippen molar-refractivity contribution in [1.29, 1.82) is 0 Å². The molecule has 3 N–H and O–H groups in total. The van der Waals surface area contributed by atoms with E-state index in [9.17, 15) is 4.79 Å². The topological polar surface area (TPSA) is 72.9 Å². The molecule has 0 aliphatic carbocycles. The molecular formula is C8H8N4O. The molecule has 66 valence electrons. The van der Waals surface area contributed by atoms with Crippen molar-refractivity contribution in [1.82, 2.24) is 14.9 Å². The van der Waals surface area contributed by atoms with Crippen LogP contribution < -0.4 is 21.7 Å². The van der Waals surface area contributed by atoms with Gasteiger partial charge in [0, 0.05) is 12.4 Å². The number of primary amides is 1.